The lowest BCUT2D eigenvalue weighted by Gasteiger charge is -2.46. The van der Waals surface area contributed by atoms with Gasteiger partial charge in [-0.15, -0.1) is 0 Å². The number of nitrogens with one attached hydrogen (secondary N) is 1. The highest BCUT2D eigenvalue weighted by molar-refractivity contribution is 7.08. The van der Waals surface area contributed by atoms with Crippen LogP contribution < -0.4 is 10.2 Å². The Hall–Kier alpha value is -0.540. The number of rotatable bonds is 3. The van der Waals surface area contributed by atoms with Gasteiger partial charge in [-0.25, -0.2) is 0 Å². The number of nitrogens with zero attached hydrogens (tertiary/aromatic N) is 1. The second kappa shape index (κ2) is 6.48. The molecular weight excluding hydrogens is 264 g/mol. The van der Waals surface area contributed by atoms with Crippen LogP contribution in [0.1, 0.15) is 46.0 Å². The van der Waals surface area contributed by atoms with Gasteiger partial charge in [0, 0.05) is 36.2 Å². The maximum atomic E-state index is 3.87. The first-order valence-electron chi connectivity index (χ1n) is 8.28. The van der Waals surface area contributed by atoms with Crippen molar-refractivity contribution in [3.8, 4) is 0 Å². The van der Waals surface area contributed by atoms with E-state index < -0.39 is 0 Å². The van der Waals surface area contributed by atoms with E-state index >= 15 is 0 Å². The highest BCUT2D eigenvalue weighted by atomic mass is 32.1. The summed E-state index contributed by atoms with van der Waals surface area (Å²) in [6, 6.07) is 3.64. The monoisotopic (exact) mass is 292 g/mol. The van der Waals surface area contributed by atoms with E-state index in [4.69, 9.17) is 0 Å². The van der Waals surface area contributed by atoms with Crippen molar-refractivity contribution in [3.63, 3.8) is 0 Å². The lowest BCUT2D eigenvalue weighted by molar-refractivity contribution is 0.229. The predicted molar refractivity (Wildman–Crippen MR) is 88.7 cm³/mol. The van der Waals surface area contributed by atoms with Crippen LogP contribution >= 0.6 is 11.3 Å². The molecule has 112 valence electrons. The molecule has 1 aromatic heterocycles. The van der Waals surface area contributed by atoms with Crippen molar-refractivity contribution in [1.29, 1.82) is 0 Å². The lowest BCUT2D eigenvalue weighted by Crippen LogP contribution is -2.60. The Balaban J connectivity index is 1.72. The Morgan fingerprint density at radius 3 is 2.70 bits per heavy atom. The number of piperazine rings is 1. The normalized spacial score (nSPS) is 29.1. The van der Waals surface area contributed by atoms with Crippen LogP contribution in [0.25, 0.3) is 0 Å². The summed E-state index contributed by atoms with van der Waals surface area (Å²) in [7, 11) is 0. The molecule has 3 rings (SSSR count). The summed E-state index contributed by atoms with van der Waals surface area (Å²) < 4.78 is 0. The van der Waals surface area contributed by atoms with Gasteiger partial charge in [-0.3, -0.25) is 0 Å². The predicted octanol–water partition coefficient (Wildman–Crippen LogP) is 4.13. The van der Waals surface area contributed by atoms with Crippen molar-refractivity contribution in [2.45, 2.75) is 58.0 Å². The van der Waals surface area contributed by atoms with Crippen molar-refractivity contribution in [3.05, 3.63) is 16.8 Å². The fourth-order valence-electron chi connectivity index (χ4n) is 3.96. The van der Waals surface area contributed by atoms with Crippen LogP contribution in [0.4, 0.5) is 5.69 Å². The second-order valence-corrected chi connectivity index (χ2v) is 7.64. The smallest absolute Gasteiger partial charge is 0.0478 e. The zero-order chi connectivity index (χ0) is 13.9. The summed E-state index contributed by atoms with van der Waals surface area (Å²) in [5, 5.41) is 8.40. The molecule has 0 bridgehead atoms. The van der Waals surface area contributed by atoms with Crippen LogP contribution in [0.15, 0.2) is 16.8 Å². The van der Waals surface area contributed by atoms with E-state index in [9.17, 15) is 0 Å². The molecule has 20 heavy (non-hydrogen) atoms. The molecular formula is C17H28N2S. The van der Waals surface area contributed by atoms with Gasteiger partial charge in [0.05, 0.1) is 0 Å². The highest BCUT2D eigenvalue weighted by Crippen LogP contribution is 2.32. The molecule has 0 radical (unpaired) electrons. The van der Waals surface area contributed by atoms with E-state index in [1.807, 2.05) is 11.3 Å². The van der Waals surface area contributed by atoms with Crippen LogP contribution in [0.2, 0.25) is 0 Å². The average Bonchev–Trinajstić information content (AvgIpc) is 3.01. The molecule has 2 nitrogen and oxygen atoms in total. The first kappa shape index (κ1) is 14.4. The van der Waals surface area contributed by atoms with Gasteiger partial charge < -0.3 is 10.2 Å². The fraction of sp³-hybridized carbons (Fsp3) is 0.765. The van der Waals surface area contributed by atoms with Crippen LogP contribution in [-0.4, -0.2) is 25.2 Å². The Kier molecular flexibility index (Phi) is 4.67. The highest BCUT2D eigenvalue weighted by Gasteiger charge is 2.34. The number of thiophene rings is 1. The third kappa shape index (κ3) is 3.04. The van der Waals surface area contributed by atoms with Crippen molar-refractivity contribution >= 4 is 17.0 Å². The van der Waals surface area contributed by atoms with E-state index in [2.05, 4.69) is 40.9 Å². The van der Waals surface area contributed by atoms with Gasteiger partial charge in [0.15, 0.2) is 0 Å². The first-order chi connectivity index (χ1) is 9.75. The van der Waals surface area contributed by atoms with Gasteiger partial charge in [-0.2, -0.15) is 11.3 Å². The zero-order valence-electron chi connectivity index (χ0n) is 12.8. The number of anilines is 1. The van der Waals surface area contributed by atoms with Gasteiger partial charge >= 0.3 is 0 Å². The average molecular weight is 292 g/mol. The summed E-state index contributed by atoms with van der Waals surface area (Å²) in [5.41, 5.74) is 1.44. The lowest BCUT2D eigenvalue weighted by atomic mass is 9.82. The van der Waals surface area contributed by atoms with E-state index in [0.717, 1.165) is 12.5 Å². The van der Waals surface area contributed by atoms with E-state index in [1.54, 1.807) is 0 Å². The Bertz CT molecular complexity index is 395. The Labute approximate surface area is 127 Å². The molecule has 2 aliphatic rings. The molecule has 1 aliphatic heterocycles. The molecule has 1 aromatic rings. The third-order valence-electron chi connectivity index (χ3n) is 5.21. The molecule has 0 aromatic carbocycles. The van der Waals surface area contributed by atoms with Crippen LogP contribution in [0.5, 0.6) is 0 Å². The molecule has 1 saturated heterocycles. The summed E-state index contributed by atoms with van der Waals surface area (Å²) in [4.78, 5) is 2.68. The fourth-order valence-corrected chi connectivity index (χ4v) is 4.61. The van der Waals surface area contributed by atoms with Crippen LogP contribution in [0, 0.1) is 11.8 Å². The van der Waals surface area contributed by atoms with Crippen molar-refractivity contribution < 1.29 is 0 Å². The largest absolute Gasteiger partial charge is 0.365 e. The summed E-state index contributed by atoms with van der Waals surface area (Å²) >= 11 is 1.82. The van der Waals surface area contributed by atoms with Gasteiger partial charge in [0.1, 0.15) is 0 Å². The molecule has 1 N–H and O–H groups in total. The van der Waals surface area contributed by atoms with Crippen molar-refractivity contribution in [2.75, 3.05) is 18.0 Å². The molecule has 2 fully saturated rings. The summed E-state index contributed by atoms with van der Waals surface area (Å²) in [6.45, 7) is 7.05. The Morgan fingerprint density at radius 2 is 2.05 bits per heavy atom. The standard InChI is InChI=1S/C17H28N2S/c1-13(2)17-10-18-16(14-6-4-3-5-7-14)11-19(17)15-8-9-20-12-15/h8-9,12-14,16-18H,3-7,10-11H2,1-2H3. The van der Waals surface area contributed by atoms with Gasteiger partial charge in [0.2, 0.25) is 0 Å². The van der Waals surface area contributed by atoms with E-state index in [-0.39, 0.29) is 0 Å². The molecule has 2 heterocycles. The molecule has 1 saturated carbocycles. The maximum Gasteiger partial charge on any atom is 0.0478 e. The minimum atomic E-state index is 0.643. The third-order valence-corrected chi connectivity index (χ3v) is 5.88. The molecule has 2 unspecified atom stereocenters. The number of hydrogen-bond acceptors (Lipinski definition) is 3. The molecule has 2 atom stereocenters. The molecule has 3 heteroatoms. The topological polar surface area (TPSA) is 15.3 Å². The van der Waals surface area contributed by atoms with Crippen molar-refractivity contribution in [2.24, 2.45) is 11.8 Å². The minimum absolute atomic E-state index is 0.643. The van der Waals surface area contributed by atoms with Gasteiger partial charge in [-0.05, 0) is 36.1 Å². The van der Waals surface area contributed by atoms with Crippen molar-refractivity contribution in [1.82, 2.24) is 5.32 Å². The zero-order valence-corrected chi connectivity index (χ0v) is 13.7. The minimum Gasteiger partial charge on any atom is -0.365 e. The quantitative estimate of drug-likeness (QED) is 0.901. The van der Waals surface area contributed by atoms with E-state index in [0.29, 0.717) is 18.0 Å². The van der Waals surface area contributed by atoms with Gasteiger partial charge in [-0.1, -0.05) is 33.1 Å². The maximum absolute atomic E-state index is 3.87. The summed E-state index contributed by atoms with van der Waals surface area (Å²) in [6.07, 6.45) is 7.19. The van der Waals surface area contributed by atoms with E-state index in [1.165, 1.54) is 44.3 Å². The molecule has 0 spiro atoms. The first-order valence-corrected chi connectivity index (χ1v) is 9.22. The second-order valence-electron chi connectivity index (χ2n) is 6.86. The van der Waals surface area contributed by atoms with Crippen LogP contribution in [0.3, 0.4) is 0 Å². The SMILES string of the molecule is CC(C)C1CNC(C2CCCCC2)CN1c1ccsc1. The summed E-state index contributed by atoms with van der Waals surface area (Å²) in [5.74, 6) is 1.60. The molecule has 1 aliphatic carbocycles. The number of hydrogen-bond donors (Lipinski definition) is 1. The van der Waals surface area contributed by atoms with Crippen LogP contribution in [-0.2, 0) is 0 Å². The van der Waals surface area contributed by atoms with Gasteiger partial charge in [0.25, 0.3) is 0 Å². The molecule has 0 amide bonds. The Morgan fingerprint density at radius 1 is 1.25 bits per heavy atom.